The molecule has 1 aromatic rings. The van der Waals surface area contributed by atoms with Gasteiger partial charge in [-0.2, -0.15) is 0 Å². The van der Waals surface area contributed by atoms with E-state index in [4.69, 9.17) is 4.74 Å². The average molecular weight is 205 g/mol. The van der Waals surface area contributed by atoms with Gasteiger partial charge < -0.3 is 10.1 Å². The molecule has 1 aromatic carbocycles. The summed E-state index contributed by atoms with van der Waals surface area (Å²) in [6, 6.07) is 9.93. The van der Waals surface area contributed by atoms with Crippen LogP contribution in [0, 0.1) is 0 Å². The van der Waals surface area contributed by atoms with Gasteiger partial charge in [0.05, 0.1) is 0 Å². The van der Waals surface area contributed by atoms with Crippen molar-refractivity contribution in [3.63, 3.8) is 0 Å². The molecule has 1 aliphatic heterocycles. The van der Waals surface area contributed by atoms with Crippen molar-refractivity contribution in [2.24, 2.45) is 0 Å². The van der Waals surface area contributed by atoms with E-state index in [9.17, 15) is 4.79 Å². The van der Waals surface area contributed by atoms with Crippen molar-refractivity contribution in [3.8, 4) is 0 Å². The minimum atomic E-state index is -0.451. The third kappa shape index (κ3) is 2.02. The number of carbonyl (C=O) groups is 1. The first-order chi connectivity index (χ1) is 7.23. The number of esters is 1. The highest BCUT2D eigenvalue weighted by Crippen LogP contribution is 2.31. The van der Waals surface area contributed by atoms with E-state index in [0.717, 1.165) is 18.5 Å². The smallest absolute Gasteiger partial charge is 0.303 e. The summed E-state index contributed by atoms with van der Waals surface area (Å²) in [5.74, 6) is -0.220. The maximum atomic E-state index is 11.1. The molecule has 0 amide bonds. The van der Waals surface area contributed by atoms with Gasteiger partial charge in [-0.3, -0.25) is 4.79 Å². The molecule has 0 spiro atoms. The number of benzene rings is 1. The molecule has 1 unspecified atom stereocenters. The lowest BCUT2D eigenvalue weighted by atomic mass is 9.93. The minimum absolute atomic E-state index is 0.220. The summed E-state index contributed by atoms with van der Waals surface area (Å²) in [5, 5.41) is 3.24. The van der Waals surface area contributed by atoms with E-state index in [2.05, 4.69) is 5.32 Å². The Balaban J connectivity index is 2.30. The average Bonchev–Trinajstić information content (AvgIpc) is 2.68. The molecule has 3 nitrogen and oxygen atoms in total. The first-order valence-electron chi connectivity index (χ1n) is 5.19. The Kier molecular flexibility index (Phi) is 2.73. The molecule has 2 rings (SSSR count). The third-order valence-electron chi connectivity index (χ3n) is 2.76. The maximum absolute atomic E-state index is 11.1. The Hall–Kier alpha value is -1.35. The lowest BCUT2D eigenvalue weighted by Gasteiger charge is -2.28. The van der Waals surface area contributed by atoms with Crippen LogP contribution in [0.4, 0.5) is 0 Å². The second-order valence-corrected chi connectivity index (χ2v) is 3.88. The van der Waals surface area contributed by atoms with E-state index < -0.39 is 5.60 Å². The minimum Gasteiger partial charge on any atom is -0.453 e. The van der Waals surface area contributed by atoms with Crippen molar-refractivity contribution in [2.45, 2.75) is 18.9 Å². The molecule has 1 atom stereocenters. The highest BCUT2D eigenvalue weighted by atomic mass is 16.6. The number of carbonyl (C=O) groups excluding carboxylic acids is 1. The third-order valence-corrected chi connectivity index (χ3v) is 2.76. The summed E-state index contributed by atoms with van der Waals surface area (Å²) in [4.78, 5) is 11.1. The Labute approximate surface area is 89.4 Å². The van der Waals surface area contributed by atoms with E-state index in [1.807, 2.05) is 30.3 Å². The summed E-state index contributed by atoms with van der Waals surface area (Å²) < 4.78 is 5.48. The topological polar surface area (TPSA) is 38.3 Å². The van der Waals surface area contributed by atoms with Crippen molar-refractivity contribution in [3.05, 3.63) is 35.9 Å². The molecular formula is C12H15NO2. The van der Waals surface area contributed by atoms with Crippen LogP contribution < -0.4 is 5.32 Å². The first kappa shape index (κ1) is 10.2. The van der Waals surface area contributed by atoms with Gasteiger partial charge in [0.1, 0.15) is 0 Å². The van der Waals surface area contributed by atoms with Gasteiger partial charge in [-0.15, -0.1) is 0 Å². The number of hydrogen-bond donors (Lipinski definition) is 1. The van der Waals surface area contributed by atoms with Crippen molar-refractivity contribution in [1.82, 2.24) is 5.32 Å². The van der Waals surface area contributed by atoms with Gasteiger partial charge in [0.25, 0.3) is 0 Å². The van der Waals surface area contributed by atoms with Crippen LogP contribution in [-0.4, -0.2) is 19.1 Å². The number of ether oxygens (including phenoxy) is 1. The fourth-order valence-electron chi connectivity index (χ4n) is 2.08. The molecular weight excluding hydrogens is 190 g/mol. The Morgan fingerprint density at radius 1 is 1.40 bits per heavy atom. The molecule has 1 heterocycles. The van der Waals surface area contributed by atoms with E-state index in [1.165, 1.54) is 6.92 Å². The largest absolute Gasteiger partial charge is 0.453 e. The molecule has 0 aromatic heterocycles. The zero-order chi connectivity index (χ0) is 10.7. The van der Waals surface area contributed by atoms with Gasteiger partial charge in [-0.25, -0.2) is 0 Å². The predicted octanol–water partition coefficient (Wildman–Crippen LogP) is 1.44. The van der Waals surface area contributed by atoms with Gasteiger partial charge in [-0.05, 0) is 12.1 Å². The Bertz CT molecular complexity index is 342. The standard InChI is InChI=1S/C12H15NO2/c1-10(14)15-12(7-8-13-9-12)11-5-3-2-4-6-11/h2-6,13H,7-9H2,1H3. The number of nitrogens with one attached hydrogen (secondary N) is 1. The number of hydrogen-bond acceptors (Lipinski definition) is 3. The summed E-state index contributed by atoms with van der Waals surface area (Å²) in [6.07, 6.45) is 0.844. The van der Waals surface area contributed by atoms with Crippen LogP contribution in [0.1, 0.15) is 18.9 Å². The quantitative estimate of drug-likeness (QED) is 0.742. The zero-order valence-corrected chi connectivity index (χ0v) is 8.82. The van der Waals surface area contributed by atoms with Gasteiger partial charge in [0, 0.05) is 19.9 Å². The maximum Gasteiger partial charge on any atom is 0.303 e. The van der Waals surface area contributed by atoms with Crippen LogP contribution >= 0.6 is 0 Å². The summed E-state index contributed by atoms with van der Waals surface area (Å²) >= 11 is 0. The molecule has 0 bridgehead atoms. The highest BCUT2D eigenvalue weighted by Gasteiger charge is 2.38. The van der Waals surface area contributed by atoms with Gasteiger partial charge in [0.15, 0.2) is 5.60 Å². The molecule has 1 N–H and O–H groups in total. The van der Waals surface area contributed by atoms with Crippen LogP contribution in [0.2, 0.25) is 0 Å². The summed E-state index contributed by atoms with van der Waals surface area (Å²) in [5.41, 5.74) is 0.623. The van der Waals surface area contributed by atoms with E-state index >= 15 is 0 Å². The van der Waals surface area contributed by atoms with Crippen molar-refractivity contribution in [2.75, 3.05) is 13.1 Å². The summed E-state index contributed by atoms with van der Waals surface area (Å²) in [7, 11) is 0. The lowest BCUT2D eigenvalue weighted by molar-refractivity contribution is -0.156. The van der Waals surface area contributed by atoms with E-state index in [0.29, 0.717) is 6.54 Å². The Morgan fingerprint density at radius 2 is 2.13 bits per heavy atom. The van der Waals surface area contributed by atoms with Crippen LogP contribution in [-0.2, 0) is 15.1 Å². The van der Waals surface area contributed by atoms with Gasteiger partial charge in [-0.1, -0.05) is 30.3 Å². The van der Waals surface area contributed by atoms with Crippen molar-refractivity contribution >= 4 is 5.97 Å². The van der Waals surface area contributed by atoms with E-state index in [1.54, 1.807) is 0 Å². The van der Waals surface area contributed by atoms with Crippen LogP contribution in [0.3, 0.4) is 0 Å². The van der Waals surface area contributed by atoms with Gasteiger partial charge >= 0.3 is 5.97 Å². The molecule has 0 aliphatic carbocycles. The molecule has 1 saturated heterocycles. The monoisotopic (exact) mass is 205 g/mol. The predicted molar refractivity (Wildman–Crippen MR) is 57.4 cm³/mol. The number of rotatable bonds is 2. The summed E-state index contributed by atoms with van der Waals surface area (Å²) in [6.45, 7) is 3.06. The molecule has 0 saturated carbocycles. The van der Waals surface area contributed by atoms with Crippen LogP contribution in [0.15, 0.2) is 30.3 Å². The molecule has 80 valence electrons. The first-order valence-corrected chi connectivity index (χ1v) is 5.19. The highest BCUT2D eigenvalue weighted by molar-refractivity contribution is 5.67. The van der Waals surface area contributed by atoms with Crippen molar-refractivity contribution in [1.29, 1.82) is 0 Å². The fraction of sp³-hybridized carbons (Fsp3) is 0.417. The van der Waals surface area contributed by atoms with E-state index in [-0.39, 0.29) is 5.97 Å². The molecule has 0 radical (unpaired) electrons. The zero-order valence-electron chi connectivity index (χ0n) is 8.82. The normalized spacial score (nSPS) is 25.1. The van der Waals surface area contributed by atoms with Crippen LogP contribution in [0.25, 0.3) is 0 Å². The molecule has 1 fully saturated rings. The SMILES string of the molecule is CC(=O)OC1(c2ccccc2)CCNC1. The van der Waals surface area contributed by atoms with Gasteiger partial charge in [0.2, 0.25) is 0 Å². The molecule has 15 heavy (non-hydrogen) atoms. The second-order valence-electron chi connectivity index (χ2n) is 3.88. The molecule has 1 aliphatic rings. The second kappa shape index (κ2) is 4.03. The lowest BCUT2D eigenvalue weighted by Crippen LogP contribution is -2.34. The van der Waals surface area contributed by atoms with Crippen LogP contribution in [0.5, 0.6) is 0 Å². The molecule has 3 heteroatoms. The fourth-order valence-corrected chi connectivity index (χ4v) is 2.08. The Morgan fingerprint density at radius 3 is 2.67 bits per heavy atom. The van der Waals surface area contributed by atoms with Crippen molar-refractivity contribution < 1.29 is 9.53 Å².